The van der Waals surface area contributed by atoms with Gasteiger partial charge in [0.05, 0.1) is 12.5 Å². The lowest BCUT2D eigenvalue weighted by molar-refractivity contribution is -0.144. The Morgan fingerprint density at radius 2 is 1.00 bits per heavy atom. The Hall–Kier alpha value is -6.11. The molecule has 7 amide bonds. The smallest absolute Gasteiger partial charge is 0.326 e. The number of amides is 7. The van der Waals surface area contributed by atoms with Crippen molar-refractivity contribution in [3.05, 3.63) is 0 Å². The maximum atomic E-state index is 13.9. The Kier molecular flexibility index (Phi) is 27.1. The third-order valence-corrected chi connectivity index (χ3v) is 10.1. The highest BCUT2D eigenvalue weighted by Gasteiger charge is 2.36. The van der Waals surface area contributed by atoms with Crippen molar-refractivity contribution < 1.29 is 63.3 Å². The number of carboxylic acid groups (broad SMARTS) is 3. The zero-order valence-electron chi connectivity index (χ0n) is 36.4. The summed E-state index contributed by atoms with van der Waals surface area (Å²) in [5.41, 5.74) is 27.5. The lowest BCUT2D eigenvalue weighted by Crippen LogP contribution is -2.61. The SMILES string of the molecule is CC[C@H](C)[C@H](N)C(=O)N[C@@H](CCC(N)=O)C(=O)N[C@@H](CCCCN)C(=O)N[C@@H](CCC(=O)O)C(=O)N[C@H](C(=O)N[C@@H](CC(=O)O)C(=O)N[C@@H](CCCN=C(N)N)C(=O)O)[C@@H](C)CC. The van der Waals surface area contributed by atoms with Crippen molar-refractivity contribution in [1.29, 1.82) is 0 Å². The molecule has 0 aliphatic heterocycles. The normalized spacial score (nSPS) is 15.2. The summed E-state index contributed by atoms with van der Waals surface area (Å²) >= 11 is 0. The number of aliphatic carboxylic acids is 3. The minimum atomic E-state index is -1.83. The van der Waals surface area contributed by atoms with E-state index in [2.05, 4.69) is 36.9 Å². The van der Waals surface area contributed by atoms with Gasteiger partial charge in [0.25, 0.3) is 0 Å². The van der Waals surface area contributed by atoms with E-state index in [1.54, 1.807) is 13.8 Å². The number of hydrogen-bond donors (Lipinski definition) is 14. The third-order valence-electron chi connectivity index (χ3n) is 10.1. The first-order valence-electron chi connectivity index (χ1n) is 20.8. The predicted molar refractivity (Wildman–Crippen MR) is 226 cm³/mol. The van der Waals surface area contributed by atoms with E-state index in [1.165, 1.54) is 6.92 Å². The fourth-order valence-electron chi connectivity index (χ4n) is 5.81. The summed E-state index contributed by atoms with van der Waals surface area (Å²) in [6, 6.07) is -10.3. The molecule has 19 N–H and O–H groups in total. The van der Waals surface area contributed by atoms with Crippen LogP contribution >= 0.6 is 0 Å². The average molecular weight is 901 g/mol. The van der Waals surface area contributed by atoms with Gasteiger partial charge in [-0.05, 0) is 63.3 Å². The van der Waals surface area contributed by atoms with Crippen LogP contribution in [0, 0.1) is 11.8 Å². The minimum absolute atomic E-state index is 0.0256. The second-order valence-electron chi connectivity index (χ2n) is 15.2. The second kappa shape index (κ2) is 30.0. The maximum Gasteiger partial charge on any atom is 0.326 e. The van der Waals surface area contributed by atoms with E-state index in [-0.39, 0.29) is 69.9 Å². The Labute approximate surface area is 365 Å². The number of aliphatic imine (C=N–C) groups is 1. The van der Waals surface area contributed by atoms with E-state index in [4.69, 9.17) is 28.7 Å². The first-order chi connectivity index (χ1) is 29.5. The van der Waals surface area contributed by atoms with E-state index in [0.29, 0.717) is 12.8 Å². The summed E-state index contributed by atoms with van der Waals surface area (Å²) < 4.78 is 0. The lowest BCUT2D eigenvalue weighted by Gasteiger charge is -2.29. The molecule has 0 rings (SSSR count). The van der Waals surface area contributed by atoms with Crippen molar-refractivity contribution in [2.24, 2.45) is 45.5 Å². The highest BCUT2D eigenvalue weighted by Crippen LogP contribution is 2.13. The van der Waals surface area contributed by atoms with Gasteiger partial charge in [-0.2, -0.15) is 0 Å². The number of primary amides is 1. The van der Waals surface area contributed by atoms with Crippen LogP contribution in [-0.2, 0) is 47.9 Å². The monoisotopic (exact) mass is 901 g/mol. The molecule has 0 aliphatic rings. The zero-order valence-corrected chi connectivity index (χ0v) is 36.4. The molecule has 25 heteroatoms. The largest absolute Gasteiger partial charge is 0.481 e. The van der Waals surface area contributed by atoms with Gasteiger partial charge in [-0.1, -0.05) is 40.5 Å². The molecule has 0 aromatic heterocycles. The molecule has 0 bridgehead atoms. The number of carboxylic acids is 3. The zero-order chi connectivity index (χ0) is 48.4. The van der Waals surface area contributed by atoms with Gasteiger partial charge in [0.15, 0.2) is 5.96 Å². The molecule has 9 atom stereocenters. The molecule has 0 radical (unpaired) electrons. The van der Waals surface area contributed by atoms with E-state index < -0.39 is 127 Å². The molecule has 0 aliphatic carbocycles. The molecule has 0 saturated heterocycles. The molecular formula is C38H68N12O13. The number of guanidine groups is 1. The quantitative estimate of drug-likeness (QED) is 0.0171. The van der Waals surface area contributed by atoms with Crippen molar-refractivity contribution in [2.45, 2.75) is 147 Å². The fourth-order valence-corrected chi connectivity index (χ4v) is 5.81. The minimum Gasteiger partial charge on any atom is -0.481 e. The molecule has 0 heterocycles. The number of nitrogens with zero attached hydrogens (tertiary/aromatic N) is 1. The molecule has 0 saturated carbocycles. The van der Waals surface area contributed by atoms with Crippen molar-refractivity contribution in [3.63, 3.8) is 0 Å². The fraction of sp³-hybridized carbons (Fsp3) is 0.711. The van der Waals surface area contributed by atoms with Crippen LogP contribution in [0.2, 0.25) is 0 Å². The predicted octanol–water partition coefficient (Wildman–Crippen LogP) is -3.81. The third kappa shape index (κ3) is 23.1. The number of rotatable bonds is 33. The van der Waals surface area contributed by atoms with E-state index in [1.807, 2.05) is 6.92 Å². The first-order valence-corrected chi connectivity index (χ1v) is 20.8. The van der Waals surface area contributed by atoms with Crippen LogP contribution in [-0.4, -0.2) is 136 Å². The first kappa shape index (κ1) is 56.9. The number of hydrogen-bond acceptors (Lipinski definition) is 13. The number of carbonyl (C=O) groups excluding carboxylic acids is 7. The van der Waals surface area contributed by atoms with Crippen LogP contribution in [0.1, 0.15) is 105 Å². The molecule has 0 unspecified atom stereocenters. The number of unbranched alkanes of at least 4 members (excludes halogenated alkanes) is 1. The summed E-state index contributed by atoms with van der Waals surface area (Å²) in [6.07, 6.45) is -1.40. The topological polar surface area (TPSA) is 446 Å². The standard InChI is InChI=1S/C38H68N12O13/c1-5-19(3)29(41)35(60)47-22(12-14-26(40)51)32(57)45-21(10-7-8-16-39)31(56)46-23(13-15-27(52)53)33(58)50-30(20(4)6-2)36(61)49-25(18-28(54)55)34(59)48-24(37(62)63)11-9-17-44-38(42)43/h19-25,29-30H,5-18,39,41H2,1-4H3,(H2,40,51)(H,45,57)(H,46,56)(H,47,60)(H,48,59)(H,49,61)(H,50,58)(H,52,53)(H,54,55)(H,62,63)(H4,42,43,44)/t19-,20-,21-,22-,23-,24-,25-,29-,30-/m0/s1. The van der Waals surface area contributed by atoms with Crippen LogP contribution < -0.4 is 60.6 Å². The summed E-state index contributed by atoms with van der Waals surface area (Å²) in [6.45, 7) is 6.96. The van der Waals surface area contributed by atoms with Gasteiger partial charge in [0, 0.05) is 19.4 Å². The van der Waals surface area contributed by atoms with Gasteiger partial charge in [-0.25, -0.2) is 4.79 Å². The van der Waals surface area contributed by atoms with Crippen LogP contribution in [0.4, 0.5) is 0 Å². The molecule has 358 valence electrons. The average Bonchev–Trinajstić information content (AvgIpc) is 3.21. The molecule has 0 aromatic carbocycles. The van der Waals surface area contributed by atoms with Gasteiger partial charge in [0.1, 0.15) is 36.3 Å². The van der Waals surface area contributed by atoms with E-state index in [9.17, 15) is 63.3 Å². The number of carbonyl (C=O) groups is 10. The van der Waals surface area contributed by atoms with Crippen molar-refractivity contribution in [2.75, 3.05) is 13.1 Å². The highest BCUT2D eigenvalue weighted by molar-refractivity contribution is 5.98. The molecule has 0 spiro atoms. The molecule has 63 heavy (non-hydrogen) atoms. The van der Waals surface area contributed by atoms with E-state index in [0.717, 1.165) is 0 Å². The Balaban J connectivity index is 6.56. The van der Waals surface area contributed by atoms with Gasteiger partial charge in [-0.3, -0.25) is 48.1 Å². The van der Waals surface area contributed by atoms with Crippen molar-refractivity contribution >= 4 is 65.2 Å². The Bertz CT molecular complexity index is 1610. The van der Waals surface area contributed by atoms with Crippen LogP contribution in [0.3, 0.4) is 0 Å². The number of nitrogens with two attached hydrogens (primary N) is 5. The molecular weight excluding hydrogens is 832 g/mol. The van der Waals surface area contributed by atoms with Crippen LogP contribution in [0.15, 0.2) is 4.99 Å². The van der Waals surface area contributed by atoms with Gasteiger partial charge in [-0.15, -0.1) is 0 Å². The summed E-state index contributed by atoms with van der Waals surface area (Å²) in [7, 11) is 0. The van der Waals surface area contributed by atoms with Gasteiger partial charge >= 0.3 is 17.9 Å². The Morgan fingerprint density at radius 1 is 0.540 bits per heavy atom. The van der Waals surface area contributed by atoms with Crippen molar-refractivity contribution in [1.82, 2.24) is 31.9 Å². The van der Waals surface area contributed by atoms with E-state index >= 15 is 0 Å². The summed E-state index contributed by atoms with van der Waals surface area (Å²) in [4.78, 5) is 132. The Morgan fingerprint density at radius 3 is 1.48 bits per heavy atom. The second-order valence-corrected chi connectivity index (χ2v) is 15.2. The van der Waals surface area contributed by atoms with Crippen LogP contribution in [0.5, 0.6) is 0 Å². The number of nitrogens with one attached hydrogen (secondary N) is 6. The highest BCUT2D eigenvalue weighted by atomic mass is 16.4. The molecule has 0 aromatic rings. The summed E-state index contributed by atoms with van der Waals surface area (Å²) in [5, 5.41) is 43.0. The summed E-state index contributed by atoms with van der Waals surface area (Å²) in [5.74, 6) is -12.2. The molecule has 0 fully saturated rings. The van der Waals surface area contributed by atoms with Gasteiger partial charge in [0.2, 0.25) is 41.4 Å². The molecule has 25 nitrogen and oxygen atoms in total. The van der Waals surface area contributed by atoms with Gasteiger partial charge < -0.3 is 75.9 Å². The lowest BCUT2D eigenvalue weighted by atomic mass is 9.96. The maximum absolute atomic E-state index is 13.9. The van der Waals surface area contributed by atoms with Crippen LogP contribution in [0.25, 0.3) is 0 Å². The van der Waals surface area contributed by atoms with Crippen molar-refractivity contribution in [3.8, 4) is 0 Å².